The SMILES string of the molecule is CC(Oc1ccc(Cl)cc1Cl)C(=O)Nc1nc2ccc([N+](=O)[O-])cc2s1. The predicted molar refractivity (Wildman–Crippen MR) is 101 cm³/mol. The van der Waals surface area contributed by atoms with Crippen molar-refractivity contribution in [1.82, 2.24) is 4.98 Å². The molecule has 0 fully saturated rings. The van der Waals surface area contributed by atoms with E-state index in [0.717, 1.165) is 11.3 Å². The van der Waals surface area contributed by atoms with E-state index in [2.05, 4.69) is 10.3 Å². The number of fused-ring (bicyclic) bond motifs is 1. The van der Waals surface area contributed by atoms with Crippen molar-refractivity contribution < 1.29 is 14.5 Å². The number of nitro benzene ring substituents is 1. The van der Waals surface area contributed by atoms with Gasteiger partial charge in [-0.3, -0.25) is 20.2 Å². The Labute approximate surface area is 161 Å². The minimum atomic E-state index is -0.838. The second-order valence-corrected chi connectivity index (χ2v) is 7.13. The third-order valence-corrected chi connectivity index (χ3v) is 4.84. The second kappa shape index (κ2) is 7.45. The van der Waals surface area contributed by atoms with Gasteiger partial charge in [0.15, 0.2) is 11.2 Å². The van der Waals surface area contributed by atoms with E-state index in [-0.39, 0.29) is 5.69 Å². The number of ether oxygens (including phenoxy) is 1. The maximum atomic E-state index is 12.3. The van der Waals surface area contributed by atoms with Gasteiger partial charge in [0.25, 0.3) is 11.6 Å². The normalized spacial score (nSPS) is 12.0. The molecule has 26 heavy (non-hydrogen) atoms. The molecule has 7 nitrogen and oxygen atoms in total. The summed E-state index contributed by atoms with van der Waals surface area (Å²) in [5.74, 6) is -0.0942. The fourth-order valence-corrected chi connectivity index (χ4v) is 3.46. The van der Waals surface area contributed by atoms with Gasteiger partial charge in [-0.05, 0) is 31.2 Å². The molecule has 1 heterocycles. The van der Waals surface area contributed by atoms with Crippen LogP contribution in [0.5, 0.6) is 5.75 Å². The molecule has 134 valence electrons. The van der Waals surface area contributed by atoms with Crippen LogP contribution in [0.4, 0.5) is 10.8 Å². The summed E-state index contributed by atoms with van der Waals surface area (Å²) in [5, 5.41) is 14.5. The summed E-state index contributed by atoms with van der Waals surface area (Å²) in [6.45, 7) is 1.57. The van der Waals surface area contributed by atoms with Crippen LogP contribution in [0.25, 0.3) is 10.2 Å². The van der Waals surface area contributed by atoms with E-state index in [1.165, 1.54) is 24.3 Å². The third-order valence-electron chi connectivity index (χ3n) is 3.38. The minimum absolute atomic E-state index is 0.0342. The van der Waals surface area contributed by atoms with Gasteiger partial charge in [-0.25, -0.2) is 4.98 Å². The average molecular weight is 412 g/mol. The summed E-state index contributed by atoms with van der Waals surface area (Å²) in [4.78, 5) is 26.9. The molecule has 0 aliphatic rings. The van der Waals surface area contributed by atoms with Gasteiger partial charge in [-0.1, -0.05) is 34.5 Å². The highest BCUT2D eigenvalue weighted by atomic mass is 35.5. The number of non-ortho nitro benzene ring substituents is 1. The van der Waals surface area contributed by atoms with E-state index in [9.17, 15) is 14.9 Å². The molecule has 0 saturated heterocycles. The quantitative estimate of drug-likeness (QED) is 0.474. The first kappa shape index (κ1) is 18.4. The zero-order chi connectivity index (χ0) is 18.8. The van der Waals surface area contributed by atoms with Crippen molar-refractivity contribution in [2.45, 2.75) is 13.0 Å². The van der Waals surface area contributed by atoms with Gasteiger partial charge in [-0.15, -0.1) is 0 Å². The molecule has 10 heteroatoms. The lowest BCUT2D eigenvalue weighted by molar-refractivity contribution is -0.384. The van der Waals surface area contributed by atoms with Crippen LogP contribution in [0.3, 0.4) is 0 Å². The average Bonchev–Trinajstić information content (AvgIpc) is 2.98. The first-order valence-electron chi connectivity index (χ1n) is 7.31. The molecule has 3 aromatic rings. The number of rotatable bonds is 5. The van der Waals surface area contributed by atoms with E-state index < -0.39 is 16.9 Å². The Hall–Kier alpha value is -2.42. The molecule has 1 aromatic heterocycles. The number of anilines is 1. The molecule has 1 unspecified atom stereocenters. The first-order chi connectivity index (χ1) is 12.3. The van der Waals surface area contributed by atoms with E-state index in [1.807, 2.05) is 0 Å². The standard InChI is InChI=1S/C16H11Cl2N3O4S/c1-8(25-13-5-2-9(17)6-11(13)18)15(22)20-16-19-12-4-3-10(21(23)24)7-14(12)26-16/h2-8H,1H3,(H,19,20,22). The molecular weight excluding hydrogens is 401 g/mol. The summed E-state index contributed by atoms with van der Waals surface area (Å²) in [7, 11) is 0. The maximum Gasteiger partial charge on any atom is 0.270 e. The van der Waals surface area contributed by atoms with Crippen LogP contribution in [-0.2, 0) is 4.79 Å². The van der Waals surface area contributed by atoms with Crippen molar-refractivity contribution in [1.29, 1.82) is 0 Å². The fourth-order valence-electron chi connectivity index (χ4n) is 2.10. The highest BCUT2D eigenvalue weighted by molar-refractivity contribution is 7.22. The van der Waals surface area contributed by atoms with Crippen molar-refractivity contribution >= 4 is 61.5 Å². The molecule has 0 spiro atoms. The molecule has 3 rings (SSSR count). The number of carbonyl (C=O) groups is 1. The Kier molecular flexibility index (Phi) is 5.26. The highest BCUT2D eigenvalue weighted by Crippen LogP contribution is 2.30. The molecule has 0 bridgehead atoms. The highest BCUT2D eigenvalue weighted by Gasteiger charge is 2.18. The van der Waals surface area contributed by atoms with Crippen LogP contribution < -0.4 is 10.1 Å². The van der Waals surface area contributed by atoms with E-state index >= 15 is 0 Å². The number of amides is 1. The van der Waals surface area contributed by atoms with Crippen LogP contribution in [0.15, 0.2) is 36.4 Å². The molecule has 1 N–H and O–H groups in total. The van der Waals surface area contributed by atoms with Gasteiger partial charge in [0.1, 0.15) is 5.75 Å². The van der Waals surface area contributed by atoms with Gasteiger partial charge in [-0.2, -0.15) is 0 Å². The third kappa shape index (κ3) is 4.04. The summed E-state index contributed by atoms with van der Waals surface area (Å²) in [6.07, 6.45) is -0.838. The number of nitrogens with one attached hydrogen (secondary N) is 1. The van der Waals surface area contributed by atoms with Crippen LogP contribution >= 0.6 is 34.5 Å². The number of carbonyl (C=O) groups excluding carboxylic acids is 1. The Morgan fingerprint density at radius 2 is 2.08 bits per heavy atom. The molecule has 0 radical (unpaired) electrons. The van der Waals surface area contributed by atoms with Crippen molar-refractivity contribution in [3.05, 3.63) is 56.6 Å². The number of thiazole rings is 1. The molecule has 0 saturated carbocycles. The summed E-state index contributed by atoms with van der Waals surface area (Å²) in [6, 6.07) is 9.01. The zero-order valence-electron chi connectivity index (χ0n) is 13.2. The summed E-state index contributed by atoms with van der Waals surface area (Å²) < 4.78 is 6.14. The molecular formula is C16H11Cl2N3O4S. The molecule has 0 aliphatic heterocycles. The number of benzene rings is 2. The first-order valence-corrected chi connectivity index (χ1v) is 8.88. The van der Waals surface area contributed by atoms with Gasteiger partial charge in [0.2, 0.25) is 0 Å². The van der Waals surface area contributed by atoms with E-state index in [0.29, 0.717) is 31.1 Å². The van der Waals surface area contributed by atoms with Gasteiger partial charge < -0.3 is 4.74 Å². The zero-order valence-corrected chi connectivity index (χ0v) is 15.6. The largest absolute Gasteiger partial charge is 0.479 e. The Bertz CT molecular complexity index is 1010. The van der Waals surface area contributed by atoms with Gasteiger partial charge >= 0.3 is 0 Å². The Balaban J connectivity index is 1.72. The van der Waals surface area contributed by atoms with Crippen LogP contribution in [-0.4, -0.2) is 21.9 Å². The lowest BCUT2D eigenvalue weighted by Gasteiger charge is -2.14. The second-order valence-electron chi connectivity index (χ2n) is 5.25. The Morgan fingerprint density at radius 1 is 1.31 bits per heavy atom. The van der Waals surface area contributed by atoms with E-state index in [4.69, 9.17) is 27.9 Å². The van der Waals surface area contributed by atoms with Crippen molar-refractivity contribution in [3.63, 3.8) is 0 Å². The number of halogens is 2. The topological polar surface area (TPSA) is 94.4 Å². The van der Waals surface area contributed by atoms with Gasteiger partial charge in [0.05, 0.1) is 20.2 Å². The summed E-state index contributed by atoms with van der Waals surface area (Å²) in [5.41, 5.74) is 0.526. The van der Waals surface area contributed by atoms with Crippen LogP contribution in [0, 0.1) is 10.1 Å². The minimum Gasteiger partial charge on any atom is -0.479 e. The fraction of sp³-hybridized carbons (Fsp3) is 0.125. The molecule has 1 amide bonds. The number of hydrogen-bond acceptors (Lipinski definition) is 6. The van der Waals surface area contributed by atoms with Gasteiger partial charge in [0, 0.05) is 17.2 Å². The van der Waals surface area contributed by atoms with Crippen LogP contribution in [0.1, 0.15) is 6.92 Å². The maximum absolute atomic E-state index is 12.3. The lowest BCUT2D eigenvalue weighted by Crippen LogP contribution is -2.30. The number of nitro groups is 1. The van der Waals surface area contributed by atoms with Crippen molar-refractivity contribution in [3.8, 4) is 5.75 Å². The van der Waals surface area contributed by atoms with Crippen molar-refractivity contribution in [2.24, 2.45) is 0 Å². The number of hydrogen-bond donors (Lipinski definition) is 1. The lowest BCUT2D eigenvalue weighted by atomic mass is 10.3. The smallest absolute Gasteiger partial charge is 0.270 e. The predicted octanol–water partition coefficient (Wildman–Crippen LogP) is 4.92. The monoisotopic (exact) mass is 411 g/mol. The Morgan fingerprint density at radius 3 is 2.77 bits per heavy atom. The number of nitrogens with zero attached hydrogens (tertiary/aromatic N) is 2. The molecule has 1 atom stereocenters. The van der Waals surface area contributed by atoms with Crippen LogP contribution in [0.2, 0.25) is 10.0 Å². The van der Waals surface area contributed by atoms with E-state index in [1.54, 1.807) is 19.1 Å². The number of aromatic nitrogens is 1. The molecule has 2 aromatic carbocycles. The van der Waals surface area contributed by atoms with Crippen molar-refractivity contribution in [2.75, 3.05) is 5.32 Å². The summed E-state index contributed by atoms with van der Waals surface area (Å²) >= 11 is 13.0. The molecule has 0 aliphatic carbocycles.